The predicted octanol–water partition coefficient (Wildman–Crippen LogP) is 6.72. The summed E-state index contributed by atoms with van der Waals surface area (Å²) >= 11 is 0. The molecule has 1 saturated heterocycles. The lowest BCUT2D eigenvalue weighted by atomic mass is 9.85. The fourth-order valence-electron chi connectivity index (χ4n) is 6.33. The third kappa shape index (κ3) is 7.65. The Morgan fingerprint density at radius 2 is 1.79 bits per heavy atom. The topological polar surface area (TPSA) is 122 Å². The van der Waals surface area contributed by atoms with Crippen LogP contribution in [0.3, 0.4) is 0 Å². The van der Waals surface area contributed by atoms with E-state index in [4.69, 9.17) is 15.5 Å². The molecule has 0 unspecified atom stereocenters. The lowest BCUT2D eigenvalue weighted by Gasteiger charge is -2.32. The zero-order chi connectivity index (χ0) is 33.1. The number of amides is 2. The van der Waals surface area contributed by atoms with Gasteiger partial charge in [-0.1, -0.05) is 62.7 Å². The highest BCUT2D eigenvalue weighted by Gasteiger charge is 2.30. The number of urea groups is 1. The van der Waals surface area contributed by atoms with Gasteiger partial charge in [0, 0.05) is 29.7 Å². The highest BCUT2D eigenvalue weighted by atomic mass is 16.5. The van der Waals surface area contributed by atoms with Crippen molar-refractivity contribution in [1.82, 2.24) is 30.1 Å². The number of aryl methyl sites for hydroxylation is 1. The minimum atomic E-state index is -0.341. The van der Waals surface area contributed by atoms with E-state index in [9.17, 15) is 4.79 Å². The summed E-state index contributed by atoms with van der Waals surface area (Å²) in [4.78, 5) is 20.5. The van der Waals surface area contributed by atoms with Crippen LogP contribution in [-0.4, -0.2) is 51.5 Å². The number of allylic oxidation sites excluding steroid dienone is 1. The van der Waals surface area contributed by atoms with E-state index in [-0.39, 0.29) is 23.6 Å². The number of likely N-dealkylation sites (N-methyl/N-ethyl adjacent to an activating group) is 1. The Morgan fingerprint density at radius 1 is 1.02 bits per heavy atom. The maximum absolute atomic E-state index is 13.4. The van der Waals surface area contributed by atoms with Crippen molar-refractivity contribution in [3.63, 3.8) is 0 Å². The van der Waals surface area contributed by atoms with Crippen molar-refractivity contribution in [3.8, 4) is 5.75 Å². The number of pyridine rings is 1. The van der Waals surface area contributed by atoms with Crippen molar-refractivity contribution in [2.45, 2.75) is 71.4 Å². The Morgan fingerprint density at radius 3 is 2.53 bits per heavy atom. The standard InChI is InChI=1S/C37H46N8O2/c1-24-12-14-26(15-13-24)39-33(21-32(38)37(2,3)4)41-36(46)40-30-17-18-31(29-11-7-6-10-28(29)30)47-27-16-19-34-42-43-35(45(34)23-27)25-9-8-20-44(5)22-25/h6-7,10-16,19,21,23,25,30-31H,8-9,17-18,20,22,38H2,1-5H3,(H2,39,40,41,46)/t25-,30+,31-/m1/s1. The van der Waals surface area contributed by atoms with Gasteiger partial charge in [0.2, 0.25) is 0 Å². The molecule has 2 aromatic heterocycles. The number of aliphatic imine (C=N–C) groups is 1. The van der Waals surface area contributed by atoms with E-state index in [1.165, 1.54) is 0 Å². The van der Waals surface area contributed by atoms with Crippen LogP contribution < -0.4 is 21.1 Å². The first-order valence-corrected chi connectivity index (χ1v) is 16.5. The fourth-order valence-corrected chi connectivity index (χ4v) is 6.33. The van der Waals surface area contributed by atoms with Gasteiger partial charge in [-0.15, -0.1) is 10.2 Å². The molecule has 1 aliphatic heterocycles. The van der Waals surface area contributed by atoms with Gasteiger partial charge in [-0.05, 0) is 81.6 Å². The summed E-state index contributed by atoms with van der Waals surface area (Å²) in [5.74, 6) is 2.48. The van der Waals surface area contributed by atoms with E-state index in [0.29, 0.717) is 23.9 Å². The van der Waals surface area contributed by atoms with Gasteiger partial charge >= 0.3 is 6.03 Å². The van der Waals surface area contributed by atoms with Crippen LogP contribution in [0, 0.1) is 12.3 Å². The molecule has 0 radical (unpaired) electrons. The van der Waals surface area contributed by atoms with Gasteiger partial charge < -0.3 is 20.7 Å². The second-order valence-corrected chi connectivity index (χ2v) is 13.9. The molecule has 47 heavy (non-hydrogen) atoms. The number of piperidine rings is 1. The fraction of sp³-hybridized carbons (Fsp3) is 0.405. The summed E-state index contributed by atoms with van der Waals surface area (Å²) in [7, 11) is 2.16. The lowest BCUT2D eigenvalue weighted by Crippen LogP contribution is -2.42. The first-order valence-electron chi connectivity index (χ1n) is 16.5. The van der Waals surface area contributed by atoms with Crippen molar-refractivity contribution in [1.29, 1.82) is 0 Å². The van der Waals surface area contributed by atoms with E-state index in [1.807, 2.05) is 82.4 Å². The van der Waals surface area contributed by atoms with Gasteiger partial charge in [-0.2, -0.15) is 0 Å². The second-order valence-electron chi connectivity index (χ2n) is 13.9. The summed E-state index contributed by atoms with van der Waals surface area (Å²) in [5, 5.41) is 15.1. The van der Waals surface area contributed by atoms with Crippen LogP contribution in [0.15, 0.2) is 83.6 Å². The van der Waals surface area contributed by atoms with Crippen LogP contribution in [0.2, 0.25) is 0 Å². The smallest absolute Gasteiger partial charge is 0.320 e. The summed E-state index contributed by atoms with van der Waals surface area (Å²) in [6, 6.07) is 19.4. The quantitative estimate of drug-likeness (QED) is 0.160. The molecule has 6 rings (SSSR count). The summed E-state index contributed by atoms with van der Waals surface area (Å²) in [6.07, 6.45) is 7.32. The molecule has 0 saturated carbocycles. The molecule has 3 atom stereocenters. The molecular weight excluding hydrogens is 588 g/mol. The number of hydrogen-bond acceptors (Lipinski definition) is 7. The van der Waals surface area contributed by atoms with Gasteiger partial charge in [0.05, 0.1) is 17.9 Å². The lowest BCUT2D eigenvalue weighted by molar-refractivity contribution is 0.171. The molecule has 3 heterocycles. The van der Waals surface area contributed by atoms with Crippen LogP contribution in [0.4, 0.5) is 10.5 Å². The molecule has 1 aliphatic carbocycles. The number of benzene rings is 2. The van der Waals surface area contributed by atoms with Crippen molar-refractivity contribution < 1.29 is 9.53 Å². The highest BCUT2D eigenvalue weighted by Crippen LogP contribution is 2.39. The normalized spacial score (nSPS) is 20.9. The maximum Gasteiger partial charge on any atom is 0.320 e. The second kappa shape index (κ2) is 13.6. The Bertz CT molecular complexity index is 1790. The van der Waals surface area contributed by atoms with Gasteiger partial charge in [-0.25, -0.2) is 9.79 Å². The molecule has 2 aliphatic rings. The van der Waals surface area contributed by atoms with Crippen LogP contribution >= 0.6 is 0 Å². The van der Waals surface area contributed by atoms with Crippen LogP contribution in [0.1, 0.15) is 87.0 Å². The van der Waals surface area contributed by atoms with Crippen LogP contribution in [0.5, 0.6) is 5.75 Å². The zero-order valence-electron chi connectivity index (χ0n) is 28.0. The molecule has 4 aromatic rings. The van der Waals surface area contributed by atoms with Crippen molar-refractivity contribution in [2.75, 3.05) is 20.1 Å². The number of carbonyl (C=O) groups is 1. The average Bonchev–Trinajstić information content (AvgIpc) is 3.46. The molecule has 4 N–H and O–H groups in total. The molecule has 0 bridgehead atoms. The van der Waals surface area contributed by atoms with E-state index < -0.39 is 0 Å². The third-order valence-electron chi connectivity index (χ3n) is 9.09. The number of likely N-dealkylation sites (tertiary alicyclic amines) is 1. The average molecular weight is 635 g/mol. The Kier molecular flexibility index (Phi) is 9.31. The molecule has 0 spiro atoms. The van der Waals surface area contributed by atoms with Crippen LogP contribution in [-0.2, 0) is 0 Å². The minimum absolute atomic E-state index is 0.154. The number of fused-ring (bicyclic) bond motifs is 2. The molecule has 2 aromatic carbocycles. The molecule has 10 heteroatoms. The zero-order valence-corrected chi connectivity index (χ0v) is 28.0. The number of nitrogens with two attached hydrogens (primary N) is 1. The number of rotatable bonds is 6. The molecule has 246 valence electrons. The van der Waals surface area contributed by atoms with E-state index in [2.05, 4.69) is 49.3 Å². The summed E-state index contributed by atoms with van der Waals surface area (Å²) in [5.41, 5.74) is 11.5. The predicted molar refractivity (Wildman–Crippen MR) is 186 cm³/mol. The number of amidine groups is 1. The number of aromatic nitrogens is 3. The SMILES string of the molecule is Cc1ccc(N=C(C=C(N)C(C)(C)C)NC(=O)N[C@H]2CC[C@@H](Oc3ccc4nnc([C@@H]5CCCN(C)C5)n4c3)c3ccccc32)cc1. The summed E-state index contributed by atoms with van der Waals surface area (Å²) in [6.45, 7) is 10.2. The monoisotopic (exact) mass is 634 g/mol. The Labute approximate surface area is 277 Å². The van der Waals surface area contributed by atoms with Gasteiger partial charge in [0.25, 0.3) is 0 Å². The number of nitrogens with zero attached hydrogens (tertiary/aromatic N) is 5. The largest absolute Gasteiger partial charge is 0.484 e. The first-order chi connectivity index (χ1) is 22.5. The molecular formula is C37H46N8O2. The van der Waals surface area contributed by atoms with Crippen LogP contribution in [0.25, 0.3) is 5.65 Å². The Hall–Kier alpha value is -4.70. The Balaban J connectivity index is 1.18. The number of carbonyl (C=O) groups excluding carboxylic acids is 1. The number of ether oxygens (including phenoxy) is 1. The van der Waals surface area contributed by atoms with Gasteiger partial charge in [-0.3, -0.25) is 9.72 Å². The van der Waals surface area contributed by atoms with Crippen molar-refractivity contribution >= 4 is 23.2 Å². The van der Waals surface area contributed by atoms with E-state index >= 15 is 0 Å². The maximum atomic E-state index is 13.4. The summed E-state index contributed by atoms with van der Waals surface area (Å²) < 4.78 is 8.72. The van der Waals surface area contributed by atoms with E-state index in [0.717, 1.165) is 72.0 Å². The third-order valence-corrected chi connectivity index (χ3v) is 9.09. The molecule has 10 nitrogen and oxygen atoms in total. The van der Waals surface area contributed by atoms with E-state index in [1.54, 1.807) is 6.08 Å². The van der Waals surface area contributed by atoms with Crippen molar-refractivity contribution in [2.24, 2.45) is 16.1 Å². The van der Waals surface area contributed by atoms with Crippen molar-refractivity contribution in [3.05, 3.63) is 101 Å². The number of hydrogen-bond donors (Lipinski definition) is 3. The molecule has 2 amide bonds. The van der Waals surface area contributed by atoms with Gasteiger partial charge in [0.1, 0.15) is 23.5 Å². The highest BCUT2D eigenvalue weighted by molar-refractivity contribution is 6.05. The first kappa shape index (κ1) is 32.2. The van der Waals surface area contributed by atoms with Gasteiger partial charge in [0.15, 0.2) is 5.65 Å². The minimum Gasteiger partial charge on any atom is -0.484 e. The number of nitrogens with one attached hydrogen (secondary N) is 2. The molecule has 1 fully saturated rings.